The van der Waals surface area contributed by atoms with Crippen LogP contribution in [-0.4, -0.2) is 49.4 Å². The number of benzene rings is 3. The number of nitrogens with zero attached hydrogens (tertiary/aromatic N) is 6. The molecule has 42 heavy (non-hydrogen) atoms. The maximum Gasteiger partial charge on any atom is 0.573 e. The van der Waals surface area contributed by atoms with Gasteiger partial charge in [0, 0.05) is 23.0 Å². The van der Waals surface area contributed by atoms with Crippen LogP contribution in [-0.2, 0) is 0 Å². The minimum Gasteiger partial charge on any atom is -0.406 e. The Hall–Kier alpha value is -4.23. The van der Waals surface area contributed by atoms with Crippen molar-refractivity contribution in [3.05, 3.63) is 89.7 Å². The number of thioether (sulfide) groups is 1. The van der Waals surface area contributed by atoms with Crippen molar-refractivity contribution in [2.75, 3.05) is 10.7 Å². The Balaban J connectivity index is 1.20. The maximum atomic E-state index is 12.4. The summed E-state index contributed by atoms with van der Waals surface area (Å²) in [7, 11) is 0. The number of hydrazone groups is 1. The third-order valence-corrected chi connectivity index (χ3v) is 7.73. The molecule has 0 amide bonds. The molecule has 1 unspecified atom stereocenters. The first-order valence-corrected chi connectivity index (χ1v) is 14.2. The molecule has 0 bridgehead atoms. The number of amidine groups is 1. The average Bonchev–Trinajstić information content (AvgIpc) is 3.56. The molecular formula is C29H26F3N7OS2. The van der Waals surface area contributed by atoms with E-state index in [1.165, 1.54) is 46.4 Å². The van der Waals surface area contributed by atoms with E-state index in [-0.39, 0.29) is 16.9 Å². The highest BCUT2D eigenvalue weighted by Crippen LogP contribution is 2.34. The van der Waals surface area contributed by atoms with E-state index in [1.807, 2.05) is 24.3 Å². The largest absolute Gasteiger partial charge is 0.573 e. The van der Waals surface area contributed by atoms with Gasteiger partial charge in [-0.1, -0.05) is 54.2 Å². The number of anilines is 1. The van der Waals surface area contributed by atoms with E-state index in [4.69, 9.17) is 12.2 Å². The Morgan fingerprint density at radius 2 is 1.76 bits per heavy atom. The third-order valence-electron chi connectivity index (χ3n) is 6.35. The van der Waals surface area contributed by atoms with Crippen LogP contribution in [0, 0.1) is 13.8 Å². The van der Waals surface area contributed by atoms with Crippen LogP contribution in [0.25, 0.3) is 17.1 Å². The van der Waals surface area contributed by atoms with Gasteiger partial charge in [0.2, 0.25) is 5.11 Å². The SMILES string of the molecule is Cc1cccc(C)c1N1C(=NC(=S)N/N=C/c2ccc(-c3ncn(-c4ccc(OC(F)(F)F)cc4)n3)cc2)SCC1C. The van der Waals surface area contributed by atoms with Crippen molar-refractivity contribution in [3.8, 4) is 22.8 Å². The van der Waals surface area contributed by atoms with E-state index in [0.29, 0.717) is 11.5 Å². The first kappa shape index (κ1) is 29.3. The number of halogens is 3. The van der Waals surface area contributed by atoms with Gasteiger partial charge in [-0.15, -0.1) is 18.3 Å². The number of nitrogens with one attached hydrogen (secondary N) is 1. The Labute approximate surface area is 250 Å². The Kier molecular flexibility index (Phi) is 8.59. The van der Waals surface area contributed by atoms with Gasteiger partial charge in [-0.2, -0.15) is 10.1 Å². The second kappa shape index (κ2) is 12.3. The lowest BCUT2D eigenvalue weighted by atomic mass is 10.1. The molecule has 1 N–H and O–H groups in total. The number of ether oxygens (including phenoxy) is 1. The first-order chi connectivity index (χ1) is 20.1. The summed E-state index contributed by atoms with van der Waals surface area (Å²) in [5, 5.41) is 9.77. The van der Waals surface area contributed by atoms with Crippen LogP contribution in [0.4, 0.5) is 18.9 Å². The molecule has 8 nitrogen and oxygen atoms in total. The first-order valence-electron chi connectivity index (χ1n) is 12.9. The summed E-state index contributed by atoms with van der Waals surface area (Å²) in [5.41, 5.74) is 8.49. The van der Waals surface area contributed by atoms with Gasteiger partial charge in [0.05, 0.1) is 11.9 Å². The number of rotatable bonds is 6. The second-order valence-corrected chi connectivity index (χ2v) is 10.9. The van der Waals surface area contributed by atoms with Crippen molar-refractivity contribution >= 4 is 46.2 Å². The van der Waals surface area contributed by atoms with Crippen LogP contribution in [0.1, 0.15) is 23.6 Å². The van der Waals surface area contributed by atoms with E-state index >= 15 is 0 Å². The van der Waals surface area contributed by atoms with Crippen LogP contribution in [0.2, 0.25) is 0 Å². The summed E-state index contributed by atoms with van der Waals surface area (Å²) in [6, 6.07) is 19.3. The zero-order valence-electron chi connectivity index (χ0n) is 22.8. The highest BCUT2D eigenvalue weighted by Gasteiger charge is 2.31. The van der Waals surface area contributed by atoms with E-state index in [2.05, 4.69) is 74.2 Å². The van der Waals surface area contributed by atoms with Gasteiger partial charge < -0.3 is 9.64 Å². The van der Waals surface area contributed by atoms with Gasteiger partial charge in [0.1, 0.15) is 12.1 Å². The topological polar surface area (TPSA) is 79.9 Å². The normalized spacial score (nSPS) is 16.4. The van der Waals surface area contributed by atoms with Crippen LogP contribution in [0.5, 0.6) is 5.75 Å². The number of aromatic nitrogens is 3. The van der Waals surface area contributed by atoms with Crippen molar-refractivity contribution in [1.29, 1.82) is 0 Å². The molecule has 13 heteroatoms. The monoisotopic (exact) mass is 609 g/mol. The number of hydrogen-bond acceptors (Lipinski definition) is 6. The maximum absolute atomic E-state index is 12.4. The van der Waals surface area contributed by atoms with Crippen molar-refractivity contribution in [2.45, 2.75) is 33.2 Å². The molecule has 1 aliphatic heterocycles. The van der Waals surface area contributed by atoms with Crippen LogP contribution in [0.15, 0.2) is 83.2 Å². The summed E-state index contributed by atoms with van der Waals surface area (Å²) >= 11 is 7.11. The zero-order chi connectivity index (χ0) is 29.9. The molecule has 0 spiro atoms. The van der Waals surface area contributed by atoms with E-state index in [1.54, 1.807) is 18.0 Å². The van der Waals surface area contributed by atoms with Crippen molar-refractivity contribution in [3.63, 3.8) is 0 Å². The summed E-state index contributed by atoms with van der Waals surface area (Å²) in [5.74, 6) is 1.07. The molecule has 1 aliphatic rings. The highest BCUT2D eigenvalue weighted by molar-refractivity contribution is 8.14. The quantitative estimate of drug-likeness (QED) is 0.149. The minimum atomic E-state index is -4.74. The predicted molar refractivity (Wildman–Crippen MR) is 165 cm³/mol. The smallest absolute Gasteiger partial charge is 0.406 e. The molecule has 216 valence electrons. The molecule has 0 radical (unpaired) electrons. The number of alkyl halides is 3. The fourth-order valence-corrected chi connectivity index (χ4v) is 5.73. The number of thiocarbonyl (C=S) groups is 1. The molecule has 0 aliphatic carbocycles. The van der Waals surface area contributed by atoms with Gasteiger partial charge in [0.15, 0.2) is 11.0 Å². The molecule has 0 saturated carbocycles. The Morgan fingerprint density at radius 1 is 1.07 bits per heavy atom. The Morgan fingerprint density at radius 3 is 2.43 bits per heavy atom. The molecule has 3 aromatic carbocycles. The minimum absolute atomic E-state index is 0.267. The lowest BCUT2D eigenvalue weighted by Crippen LogP contribution is -2.33. The van der Waals surface area contributed by atoms with Gasteiger partial charge in [-0.05, 0) is 73.9 Å². The molecule has 1 fully saturated rings. The third kappa shape index (κ3) is 6.97. The molecule has 4 aromatic rings. The molecule has 1 aromatic heterocycles. The molecular weight excluding hydrogens is 583 g/mol. The lowest BCUT2D eigenvalue weighted by molar-refractivity contribution is -0.274. The molecule has 5 rings (SSSR count). The fraction of sp³-hybridized carbons (Fsp3) is 0.207. The predicted octanol–water partition coefficient (Wildman–Crippen LogP) is 6.66. The van der Waals surface area contributed by atoms with Crippen LogP contribution < -0.4 is 15.1 Å². The zero-order valence-corrected chi connectivity index (χ0v) is 24.5. The highest BCUT2D eigenvalue weighted by atomic mass is 32.2. The number of aliphatic imine (C=N–C) groups is 1. The van der Waals surface area contributed by atoms with Crippen molar-refractivity contribution < 1.29 is 17.9 Å². The molecule has 1 saturated heterocycles. The second-order valence-electron chi connectivity index (χ2n) is 9.52. The Bertz CT molecular complexity index is 1610. The van der Waals surface area contributed by atoms with E-state index in [0.717, 1.165) is 27.7 Å². The molecule has 2 heterocycles. The van der Waals surface area contributed by atoms with Gasteiger partial charge >= 0.3 is 6.36 Å². The van der Waals surface area contributed by atoms with Gasteiger partial charge in [-0.25, -0.2) is 9.67 Å². The summed E-state index contributed by atoms with van der Waals surface area (Å²) < 4.78 is 42.5. The van der Waals surface area contributed by atoms with E-state index in [9.17, 15) is 13.2 Å². The van der Waals surface area contributed by atoms with Crippen LogP contribution >= 0.6 is 24.0 Å². The summed E-state index contributed by atoms with van der Waals surface area (Å²) in [6.07, 6.45) is -1.62. The summed E-state index contributed by atoms with van der Waals surface area (Å²) in [6.45, 7) is 6.37. The fourth-order valence-electron chi connectivity index (χ4n) is 4.43. The van der Waals surface area contributed by atoms with Crippen molar-refractivity contribution in [1.82, 2.24) is 20.2 Å². The standard InChI is InChI=1S/C29H26F3N7OS2/c1-18-5-4-6-19(2)25(18)39-20(3)16-42-28(39)35-27(41)36-34-15-21-7-9-22(10-8-21)26-33-17-38(37-26)23-11-13-24(14-12-23)40-29(30,31)32/h4-15,17,20H,16H2,1-3H3,(H,36,41)/b34-15+,35-28?. The number of para-hydroxylation sites is 1. The molecule has 1 atom stereocenters. The van der Waals surface area contributed by atoms with Crippen LogP contribution in [0.3, 0.4) is 0 Å². The average molecular weight is 610 g/mol. The lowest BCUT2D eigenvalue weighted by Gasteiger charge is -2.27. The van der Waals surface area contributed by atoms with E-state index < -0.39 is 6.36 Å². The van der Waals surface area contributed by atoms with Gasteiger partial charge in [-0.3, -0.25) is 5.43 Å². The van der Waals surface area contributed by atoms with Crippen molar-refractivity contribution in [2.24, 2.45) is 10.1 Å². The van der Waals surface area contributed by atoms with Gasteiger partial charge in [0.25, 0.3) is 0 Å². The number of aryl methyl sites for hydroxylation is 2. The summed E-state index contributed by atoms with van der Waals surface area (Å²) in [4.78, 5) is 11.2. The number of hydrogen-bond donors (Lipinski definition) is 1.